The van der Waals surface area contributed by atoms with E-state index in [0.717, 1.165) is 19.3 Å². The van der Waals surface area contributed by atoms with Gasteiger partial charge in [-0.25, -0.2) is 0 Å². The first-order valence-corrected chi connectivity index (χ1v) is 8.85. The van der Waals surface area contributed by atoms with Crippen LogP contribution in [0.5, 0.6) is 0 Å². The normalized spacial score (nSPS) is 10.8. The van der Waals surface area contributed by atoms with Crippen molar-refractivity contribution in [3.05, 3.63) is 0 Å². The standard InChI is InChI=1S/C17H32O8/c1-2-3-4-5-17(20)25-15-14-24-13-12-23-11-10-22-9-8-21-7-6-16(18)19/h2-15H2,1H3,(H,18,19). The molecule has 0 amide bonds. The monoisotopic (exact) mass is 364 g/mol. The number of aliphatic carboxylic acids is 1. The van der Waals surface area contributed by atoms with Crippen molar-refractivity contribution < 1.29 is 38.4 Å². The molecule has 0 bridgehead atoms. The van der Waals surface area contributed by atoms with Crippen LogP contribution in [-0.2, 0) is 33.3 Å². The van der Waals surface area contributed by atoms with Gasteiger partial charge in [0.25, 0.3) is 0 Å². The molecular formula is C17H32O8. The minimum Gasteiger partial charge on any atom is -0.481 e. The van der Waals surface area contributed by atoms with E-state index in [1.54, 1.807) is 0 Å². The second kappa shape index (κ2) is 19.1. The van der Waals surface area contributed by atoms with Crippen LogP contribution in [-0.4, -0.2) is 76.5 Å². The molecule has 0 radical (unpaired) electrons. The van der Waals surface area contributed by atoms with E-state index in [1.165, 1.54) is 0 Å². The lowest BCUT2D eigenvalue weighted by molar-refractivity contribution is -0.145. The molecule has 0 spiro atoms. The summed E-state index contributed by atoms with van der Waals surface area (Å²) in [6.45, 7) is 5.48. The van der Waals surface area contributed by atoms with E-state index in [4.69, 9.17) is 28.8 Å². The lowest BCUT2D eigenvalue weighted by atomic mass is 10.2. The highest BCUT2D eigenvalue weighted by Gasteiger charge is 2.01. The summed E-state index contributed by atoms with van der Waals surface area (Å²) in [5.74, 6) is -1.04. The smallest absolute Gasteiger partial charge is 0.305 e. The molecule has 0 aliphatic carbocycles. The number of ether oxygens (including phenoxy) is 5. The second-order valence-electron chi connectivity index (χ2n) is 5.27. The highest BCUT2D eigenvalue weighted by molar-refractivity contribution is 5.69. The molecule has 0 unspecified atom stereocenters. The molecule has 0 atom stereocenters. The van der Waals surface area contributed by atoms with E-state index in [1.807, 2.05) is 0 Å². The quantitative estimate of drug-likeness (QED) is 0.273. The summed E-state index contributed by atoms with van der Waals surface area (Å²) in [4.78, 5) is 21.6. The molecule has 0 fully saturated rings. The molecule has 148 valence electrons. The number of carbonyl (C=O) groups is 2. The van der Waals surface area contributed by atoms with Gasteiger partial charge in [-0.05, 0) is 6.42 Å². The number of rotatable bonds is 19. The summed E-state index contributed by atoms with van der Waals surface area (Å²) in [6.07, 6.45) is 3.48. The fourth-order valence-electron chi connectivity index (χ4n) is 1.73. The summed E-state index contributed by atoms with van der Waals surface area (Å²) in [5.41, 5.74) is 0. The lowest BCUT2D eigenvalue weighted by Gasteiger charge is -2.08. The Morgan fingerprint density at radius 2 is 1.16 bits per heavy atom. The van der Waals surface area contributed by atoms with Gasteiger partial charge >= 0.3 is 11.9 Å². The number of esters is 1. The molecule has 0 aliphatic heterocycles. The summed E-state index contributed by atoms with van der Waals surface area (Å²) < 4.78 is 26.0. The van der Waals surface area contributed by atoms with Crippen molar-refractivity contribution >= 4 is 11.9 Å². The SMILES string of the molecule is CCCCCC(=O)OCCOCCOCCOCCOCCC(=O)O. The van der Waals surface area contributed by atoms with Crippen LogP contribution in [0.3, 0.4) is 0 Å². The van der Waals surface area contributed by atoms with E-state index < -0.39 is 5.97 Å². The van der Waals surface area contributed by atoms with Crippen LogP contribution in [0, 0.1) is 0 Å². The first-order valence-electron chi connectivity index (χ1n) is 8.85. The Balaban J connectivity index is 3.09. The van der Waals surface area contributed by atoms with E-state index in [0.29, 0.717) is 52.7 Å². The van der Waals surface area contributed by atoms with Crippen molar-refractivity contribution in [1.82, 2.24) is 0 Å². The zero-order valence-electron chi connectivity index (χ0n) is 15.2. The van der Waals surface area contributed by atoms with Crippen molar-refractivity contribution in [2.45, 2.75) is 39.0 Å². The minimum atomic E-state index is -0.873. The molecule has 1 N–H and O–H groups in total. The van der Waals surface area contributed by atoms with Gasteiger partial charge in [0.1, 0.15) is 6.61 Å². The third-order valence-electron chi connectivity index (χ3n) is 3.05. The average molecular weight is 364 g/mol. The number of carboxylic acids is 1. The number of unbranched alkanes of at least 4 members (excludes halogenated alkanes) is 2. The zero-order valence-corrected chi connectivity index (χ0v) is 15.2. The van der Waals surface area contributed by atoms with Gasteiger partial charge in [0.05, 0.1) is 59.3 Å². The largest absolute Gasteiger partial charge is 0.481 e. The van der Waals surface area contributed by atoms with Crippen LogP contribution in [0.1, 0.15) is 39.0 Å². The maximum Gasteiger partial charge on any atom is 0.305 e. The van der Waals surface area contributed by atoms with Gasteiger partial charge in [-0.1, -0.05) is 19.8 Å². The molecule has 0 aromatic carbocycles. The third-order valence-corrected chi connectivity index (χ3v) is 3.05. The molecule has 8 heteroatoms. The van der Waals surface area contributed by atoms with Gasteiger partial charge < -0.3 is 28.8 Å². The summed E-state index contributed by atoms with van der Waals surface area (Å²) in [7, 11) is 0. The topological polar surface area (TPSA) is 101 Å². The number of carbonyl (C=O) groups excluding carboxylic acids is 1. The molecule has 0 aliphatic rings. The maximum atomic E-state index is 11.3. The van der Waals surface area contributed by atoms with Crippen LogP contribution < -0.4 is 0 Å². The molecule has 0 rings (SSSR count). The first-order chi connectivity index (χ1) is 12.2. The Morgan fingerprint density at radius 3 is 1.64 bits per heavy atom. The number of hydrogen-bond acceptors (Lipinski definition) is 7. The highest BCUT2D eigenvalue weighted by atomic mass is 16.6. The van der Waals surface area contributed by atoms with Crippen LogP contribution in [0.15, 0.2) is 0 Å². The molecule has 25 heavy (non-hydrogen) atoms. The number of hydrogen-bond donors (Lipinski definition) is 1. The summed E-state index contributed by atoms with van der Waals surface area (Å²) >= 11 is 0. The molecule has 0 saturated carbocycles. The highest BCUT2D eigenvalue weighted by Crippen LogP contribution is 2.00. The van der Waals surface area contributed by atoms with Crippen molar-refractivity contribution in [2.75, 3.05) is 59.5 Å². The molecule has 0 saturated heterocycles. The fourth-order valence-corrected chi connectivity index (χ4v) is 1.73. The van der Waals surface area contributed by atoms with Crippen LogP contribution in [0.2, 0.25) is 0 Å². The van der Waals surface area contributed by atoms with Crippen molar-refractivity contribution in [3.8, 4) is 0 Å². The Kier molecular flexibility index (Phi) is 18.2. The van der Waals surface area contributed by atoms with Crippen LogP contribution >= 0.6 is 0 Å². The van der Waals surface area contributed by atoms with Gasteiger partial charge in [-0.3, -0.25) is 9.59 Å². The van der Waals surface area contributed by atoms with E-state index >= 15 is 0 Å². The van der Waals surface area contributed by atoms with E-state index in [2.05, 4.69) is 6.92 Å². The molecular weight excluding hydrogens is 332 g/mol. The third kappa shape index (κ3) is 20.7. The predicted octanol–water partition coefficient (Wildman–Crippen LogP) is 1.65. The average Bonchev–Trinajstić information content (AvgIpc) is 2.58. The van der Waals surface area contributed by atoms with Gasteiger partial charge in [0, 0.05) is 6.42 Å². The molecule has 0 heterocycles. The molecule has 0 aromatic rings. The Hall–Kier alpha value is -1.22. The molecule has 8 nitrogen and oxygen atoms in total. The van der Waals surface area contributed by atoms with Gasteiger partial charge in [-0.15, -0.1) is 0 Å². The van der Waals surface area contributed by atoms with Crippen molar-refractivity contribution in [1.29, 1.82) is 0 Å². The Bertz CT molecular complexity index is 322. The van der Waals surface area contributed by atoms with Gasteiger partial charge in [0.2, 0.25) is 0 Å². The lowest BCUT2D eigenvalue weighted by Crippen LogP contribution is -2.14. The predicted molar refractivity (Wildman–Crippen MR) is 90.6 cm³/mol. The summed E-state index contributed by atoms with van der Waals surface area (Å²) in [6, 6.07) is 0. The Morgan fingerprint density at radius 1 is 0.680 bits per heavy atom. The van der Waals surface area contributed by atoms with Crippen LogP contribution in [0.4, 0.5) is 0 Å². The summed E-state index contributed by atoms with van der Waals surface area (Å²) in [5, 5.41) is 8.41. The minimum absolute atomic E-state index is 0.00116. The first kappa shape index (κ1) is 23.8. The van der Waals surface area contributed by atoms with E-state index in [9.17, 15) is 9.59 Å². The van der Waals surface area contributed by atoms with Gasteiger partial charge in [-0.2, -0.15) is 0 Å². The number of carboxylic acid groups (broad SMARTS) is 1. The van der Waals surface area contributed by atoms with Crippen molar-refractivity contribution in [2.24, 2.45) is 0 Å². The Labute approximate surface area is 149 Å². The second-order valence-corrected chi connectivity index (χ2v) is 5.27. The van der Waals surface area contributed by atoms with E-state index in [-0.39, 0.29) is 25.6 Å². The van der Waals surface area contributed by atoms with Gasteiger partial charge in [0.15, 0.2) is 0 Å². The zero-order chi connectivity index (χ0) is 18.6. The molecule has 0 aromatic heterocycles. The fraction of sp³-hybridized carbons (Fsp3) is 0.882. The maximum absolute atomic E-state index is 11.3. The van der Waals surface area contributed by atoms with Crippen molar-refractivity contribution in [3.63, 3.8) is 0 Å². The van der Waals surface area contributed by atoms with Crippen LogP contribution in [0.25, 0.3) is 0 Å².